The number of aryl methyl sites for hydroxylation is 1. The molecule has 1 fully saturated rings. The second kappa shape index (κ2) is 5.69. The Bertz CT molecular complexity index is 482. The molecule has 0 unspecified atom stereocenters. The summed E-state index contributed by atoms with van der Waals surface area (Å²) in [5, 5.41) is 2.92. The van der Waals surface area contributed by atoms with Gasteiger partial charge in [0.2, 0.25) is 0 Å². The van der Waals surface area contributed by atoms with Crippen LogP contribution in [0.4, 0.5) is 10.6 Å². The van der Waals surface area contributed by atoms with Crippen molar-refractivity contribution in [3.05, 3.63) is 23.9 Å². The van der Waals surface area contributed by atoms with Crippen molar-refractivity contribution in [1.82, 2.24) is 10.3 Å². The van der Waals surface area contributed by atoms with Crippen LogP contribution >= 0.6 is 0 Å². The Morgan fingerprint density at radius 3 is 2.90 bits per heavy atom. The molecular weight excluding hydrogens is 254 g/mol. The number of ether oxygens (including phenoxy) is 1. The number of carbonyl (C=O) groups is 1. The molecule has 0 aromatic carbocycles. The number of rotatable bonds is 2. The molecule has 1 aliphatic heterocycles. The summed E-state index contributed by atoms with van der Waals surface area (Å²) in [6, 6.07) is 4.17. The molecule has 0 saturated carbocycles. The number of pyridine rings is 1. The highest BCUT2D eigenvalue weighted by molar-refractivity contribution is 5.68. The smallest absolute Gasteiger partial charge is 0.407 e. The van der Waals surface area contributed by atoms with Crippen LogP contribution in [0, 0.1) is 6.92 Å². The van der Waals surface area contributed by atoms with Crippen molar-refractivity contribution in [2.45, 2.75) is 45.8 Å². The zero-order valence-corrected chi connectivity index (χ0v) is 12.6. The van der Waals surface area contributed by atoms with Crippen LogP contribution in [0.3, 0.4) is 0 Å². The van der Waals surface area contributed by atoms with Gasteiger partial charge >= 0.3 is 6.09 Å². The first-order valence-electron chi connectivity index (χ1n) is 7.00. The Balaban J connectivity index is 1.88. The van der Waals surface area contributed by atoms with Crippen LogP contribution in [0.5, 0.6) is 0 Å². The van der Waals surface area contributed by atoms with Crippen molar-refractivity contribution in [3.63, 3.8) is 0 Å². The SMILES string of the molecule is Cc1ccnc(N2CC[C@@H](NC(=O)OC(C)(C)C)C2)c1. The van der Waals surface area contributed by atoms with Crippen molar-refractivity contribution in [2.75, 3.05) is 18.0 Å². The summed E-state index contributed by atoms with van der Waals surface area (Å²) < 4.78 is 5.28. The molecule has 5 nitrogen and oxygen atoms in total. The van der Waals surface area contributed by atoms with E-state index in [1.165, 1.54) is 5.56 Å². The number of aromatic nitrogens is 1. The molecule has 20 heavy (non-hydrogen) atoms. The largest absolute Gasteiger partial charge is 0.444 e. The van der Waals surface area contributed by atoms with Crippen LogP contribution < -0.4 is 10.2 Å². The van der Waals surface area contributed by atoms with Gasteiger partial charge in [0.1, 0.15) is 11.4 Å². The molecule has 1 aliphatic rings. The van der Waals surface area contributed by atoms with E-state index >= 15 is 0 Å². The number of hydrogen-bond acceptors (Lipinski definition) is 4. The fourth-order valence-corrected chi connectivity index (χ4v) is 2.25. The zero-order chi connectivity index (χ0) is 14.8. The van der Waals surface area contributed by atoms with E-state index in [0.29, 0.717) is 0 Å². The molecule has 1 atom stereocenters. The third-order valence-corrected chi connectivity index (χ3v) is 3.13. The fraction of sp³-hybridized carbons (Fsp3) is 0.600. The number of hydrogen-bond donors (Lipinski definition) is 1. The molecule has 5 heteroatoms. The van der Waals surface area contributed by atoms with Gasteiger partial charge in [-0.3, -0.25) is 0 Å². The van der Waals surface area contributed by atoms with E-state index in [4.69, 9.17) is 4.74 Å². The molecule has 1 amide bonds. The van der Waals surface area contributed by atoms with Gasteiger partial charge in [-0.2, -0.15) is 0 Å². The van der Waals surface area contributed by atoms with Crippen LogP contribution in [-0.4, -0.2) is 35.8 Å². The quantitative estimate of drug-likeness (QED) is 0.902. The Morgan fingerprint density at radius 2 is 2.25 bits per heavy atom. The Labute approximate surface area is 120 Å². The minimum Gasteiger partial charge on any atom is -0.444 e. The minimum absolute atomic E-state index is 0.118. The predicted octanol–water partition coefficient (Wildman–Crippen LogP) is 2.49. The van der Waals surface area contributed by atoms with Gasteiger partial charge < -0.3 is 15.0 Å². The monoisotopic (exact) mass is 277 g/mol. The van der Waals surface area contributed by atoms with E-state index in [2.05, 4.69) is 28.2 Å². The van der Waals surface area contributed by atoms with Gasteiger partial charge in [0.25, 0.3) is 0 Å². The highest BCUT2D eigenvalue weighted by Gasteiger charge is 2.26. The lowest BCUT2D eigenvalue weighted by Gasteiger charge is -2.22. The molecule has 110 valence electrons. The third-order valence-electron chi connectivity index (χ3n) is 3.13. The van der Waals surface area contributed by atoms with Crippen LogP contribution in [-0.2, 0) is 4.74 Å². The lowest BCUT2D eigenvalue weighted by molar-refractivity contribution is 0.0509. The second-order valence-corrected chi connectivity index (χ2v) is 6.27. The molecule has 2 heterocycles. The van der Waals surface area contributed by atoms with Gasteiger partial charge in [-0.15, -0.1) is 0 Å². The Morgan fingerprint density at radius 1 is 1.50 bits per heavy atom. The lowest BCUT2D eigenvalue weighted by Crippen LogP contribution is -2.40. The van der Waals surface area contributed by atoms with Gasteiger partial charge in [-0.25, -0.2) is 9.78 Å². The molecule has 0 aliphatic carbocycles. The number of nitrogens with one attached hydrogen (secondary N) is 1. The van der Waals surface area contributed by atoms with E-state index in [1.807, 2.05) is 33.0 Å². The molecule has 0 radical (unpaired) electrons. The third kappa shape index (κ3) is 4.11. The molecule has 0 bridgehead atoms. The average molecular weight is 277 g/mol. The highest BCUT2D eigenvalue weighted by Crippen LogP contribution is 2.19. The number of alkyl carbamates (subject to hydrolysis) is 1. The van der Waals surface area contributed by atoms with Gasteiger partial charge in [-0.05, 0) is 51.8 Å². The maximum atomic E-state index is 11.7. The van der Waals surface area contributed by atoms with Crippen molar-refractivity contribution < 1.29 is 9.53 Å². The van der Waals surface area contributed by atoms with Crippen LogP contribution in [0.1, 0.15) is 32.8 Å². The highest BCUT2D eigenvalue weighted by atomic mass is 16.6. The molecule has 1 aromatic heterocycles. The van der Waals surface area contributed by atoms with E-state index < -0.39 is 5.60 Å². The molecule has 1 aromatic rings. The summed E-state index contributed by atoms with van der Waals surface area (Å²) in [7, 11) is 0. The molecule has 1 saturated heterocycles. The average Bonchev–Trinajstić information content (AvgIpc) is 2.74. The molecule has 2 rings (SSSR count). The van der Waals surface area contributed by atoms with Crippen LogP contribution in [0.15, 0.2) is 18.3 Å². The maximum absolute atomic E-state index is 11.7. The van der Waals surface area contributed by atoms with Crippen molar-refractivity contribution >= 4 is 11.9 Å². The van der Waals surface area contributed by atoms with Crippen molar-refractivity contribution in [3.8, 4) is 0 Å². The fourth-order valence-electron chi connectivity index (χ4n) is 2.25. The van der Waals surface area contributed by atoms with E-state index in [0.717, 1.165) is 25.3 Å². The normalized spacial score (nSPS) is 19.0. The first kappa shape index (κ1) is 14.6. The standard InChI is InChI=1S/C15H23N3O2/c1-11-5-7-16-13(9-11)18-8-6-12(10-18)17-14(19)20-15(2,3)4/h5,7,9,12H,6,8,10H2,1-4H3,(H,17,19)/t12-/m1/s1. The van der Waals surface area contributed by atoms with Crippen molar-refractivity contribution in [1.29, 1.82) is 0 Å². The number of nitrogens with zero attached hydrogens (tertiary/aromatic N) is 2. The summed E-state index contributed by atoms with van der Waals surface area (Å²) in [5.74, 6) is 0.971. The van der Waals surface area contributed by atoms with Gasteiger partial charge in [-0.1, -0.05) is 0 Å². The summed E-state index contributed by atoms with van der Waals surface area (Å²) in [6.07, 6.45) is 2.38. The topological polar surface area (TPSA) is 54.5 Å². The molecule has 1 N–H and O–H groups in total. The zero-order valence-electron chi connectivity index (χ0n) is 12.6. The number of anilines is 1. The maximum Gasteiger partial charge on any atom is 0.407 e. The summed E-state index contributed by atoms with van der Waals surface area (Å²) in [4.78, 5) is 18.3. The van der Waals surface area contributed by atoms with E-state index in [-0.39, 0.29) is 12.1 Å². The molecule has 0 spiro atoms. The number of carbonyl (C=O) groups excluding carboxylic acids is 1. The summed E-state index contributed by atoms with van der Waals surface area (Å²) >= 11 is 0. The van der Waals surface area contributed by atoms with E-state index in [9.17, 15) is 4.79 Å². The van der Waals surface area contributed by atoms with Crippen molar-refractivity contribution in [2.24, 2.45) is 0 Å². The first-order valence-corrected chi connectivity index (χ1v) is 7.00. The van der Waals surface area contributed by atoms with Crippen LogP contribution in [0.25, 0.3) is 0 Å². The Hall–Kier alpha value is -1.78. The predicted molar refractivity (Wildman–Crippen MR) is 79.0 cm³/mol. The van der Waals surface area contributed by atoms with Gasteiger partial charge in [0.05, 0.1) is 6.04 Å². The first-order chi connectivity index (χ1) is 9.33. The minimum atomic E-state index is -0.458. The van der Waals surface area contributed by atoms with Crippen LogP contribution in [0.2, 0.25) is 0 Å². The summed E-state index contributed by atoms with van der Waals surface area (Å²) in [6.45, 7) is 9.32. The number of amides is 1. The second-order valence-electron chi connectivity index (χ2n) is 6.27. The lowest BCUT2D eigenvalue weighted by atomic mass is 10.2. The summed E-state index contributed by atoms with van der Waals surface area (Å²) in [5.41, 5.74) is 0.735. The molecular formula is C15H23N3O2. The van der Waals surface area contributed by atoms with Gasteiger partial charge in [0, 0.05) is 19.3 Å². The van der Waals surface area contributed by atoms with E-state index in [1.54, 1.807) is 0 Å². The van der Waals surface area contributed by atoms with Gasteiger partial charge in [0.15, 0.2) is 0 Å². The Kier molecular flexibility index (Phi) is 4.16.